The van der Waals surface area contributed by atoms with Crippen LogP contribution >= 0.6 is 11.6 Å². The van der Waals surface area contributed by atoms with Crippen LogP contribution in [0.1, 0.15) is 10.4 Å². The molecule has 0 bridgehead atoms. The maximum Gasteiger partial charge on any atom is 0.334 e. The SMILES string of the molecule is O=C(O)C1CN(C(=O)c2cnn(-c3ccc(Cl)cc3)c2)CCO1. The summed E-state index contributed by atoms with van der Waals surface area (Å²) < 4.78 is 6.68. The molecule has 2 aromatic rings. The summed E-state index contributed by atoms with van der Waals surface area (Å²) in [4.78, 5) is 24.9. The number of carbonyl (C=O) groups is 2. The Bertz CT molecular complexity index is 729. The van der Waals surface area contributed by atoms with E-state index >= 15 is 0 Å². The zero-order chi connectivity index (χ0) is 16.4. The third-order valence-electron chi connectivity index (χ3n) is 3.55. The molecule has 7 nitrogen and oxygen atoms in total. The maximum atomic E-state index is 12.5. The molecule has 23 heavy (non-hydrogen) atoms. The Hall–Kier alpha value is -2.38. The molecule has 3 rings (SSSR count). The Morgan fingerprint density at radius 1 is 1.30 bits per heavy atom. The summed E-state index contributed by atoms with van der Waals surface area (Å²) in [5.74, 6) is -1.33. The lowest BCUT2D eigenvalue weighted by Gasteiger charge is -2.30. The van der Waals surface area contributed by atoms with Crippen LogP contribution in [-0.2, 0) is 9.53 Å². The first-order valence-electron chi connectivity index (χ1n) is 6.99. The summed E-state index contributed by atoms with van der Waals surface area (Å²) in [6.45, 7) is 0.586. The van der Waals surface area contributed by atoms with Gasteiger partial charge < -0.3 is 14.7 Å². The van der Waals surface area contributed by atoms with E-state index in [1.807, 2.05) is 0 Å². The molecule has 1 aromatic carbocycles. The van der Waals surface area contributed by atoms with Crippen LogP contribution in [0.3, 0.4) is 0 Å². The van der Waals surface area contributed by atoms with Crippen LogP contribution < -0.4 is 0 Å². The monoisotopic (exact) mass is 335 g/mol. The van der Waals surface area contributed by atoms with Gasteiger partial charge in [-0.15, -0.1) is 0 Å². The Kier molecular flexibility index (Phi) is 4.31. The van der Waals surface area contributed by atoms with Gasteiger partial charge >= 0.3 is 5.97 Å². The van der Waals surface area contributed by atoms with Gasteiger partial charge in [0.05, 0.1) is 30.6 Å². The fraction of sp³-hybridized carbons (Fsp3) is 0.267. The summed E-state index contributed by atoms with van der Waals surface area (Å²) in [5.41, 5.74) is 1.17. The van der Waals surface area contributed by atoms with Gasteiger partial charge in [-0.3, -0.25) is 4.79 Å². The number of halogens is 1. The molecular weight excluding hydrogens is 322 g/mol. The number of rotatable bonds is 3. The molecule has 8 heteroatoms. The zero-order valence-corrected chi connectivity index (χ0v) is 12.8. The van der Waals surface area contributed by atoms with E-state index in [2.05, 4.69) is 5.10 Å². The number of ether oxygens (including phenoxy) is 1. The number of hydrogen-bond acceptors (Lipinski definition) is 4. The molecular formula is C15H14ClN3O4. The first-order valence-corrected chi connectivity index (χ1v) is 7.36. The lowest BCUT2D eigenvalue weighted by Crippen LogP contribution is -2.48. The van der Waals surface area contributed by atoms with E-state index in [1.165, 1.54) is 11.1 Å². The fourth-order valence-corrected chi connectivity index (χ4v) is 2.46. The Labute approximate surface area is 137 Å². The van der Waals surface area contributed by atoms with Crippen molar-refractivity contribution in [3.05, 3.63) is 47.2 Å². The number of benzene rings is 1. The highest BCUT2D eigenvalue weighted by Gasteiger charge is 2.29. The van der Waals surface area contributed by atoms with Gasteiger partial charge in [0.2, 0.25) is 0 Å². The van der Waals surface area contributed by atoms with Crippen molar-refractivity contribution in [3.63, 3.8) is 0 Å². The Morgan fingerprint density at radius 2 is 2.04 bits per heavy atom. The van der Waals surface area contributed by atoms with Crippen molar-refractivity contribution in [1.29, 1.82) is 0 Å². The first kappa shape index (κ1) is 15.5. The number of aromatic nitrogens is 2. The minimum absolute atomic E-state index is 0.0281. The van der Waals surface area contributed by atoms with Gasteiger partial charge in [-0.1, -0.05) is 11.6 Å². The van der Waals surface area contributed by atoms with Gasteiger partial charge in [0.25, 0.3) is 5.91 Å². The molecule has 0 spiro atoms. The van der Waals surface area contributed by atoms with Gasteiger partial charge in [-0.05, 0) is 24.3 Å². The molecule has 1 aliphatic heterocycles. The van der Waals surface area contributed by atoms with Gasteiger partial charge in [-0.2, -0.15) is 5.10 Å². The number of carbonyl (C=O) groups excluding carboxylic acids is 1. The number of carboxylic acid groups (broad SMARTS) is 1. The number of aliphatic carboxylic acids is 1. The lowest BCUT2D eigenvalue weighted by atomic mass is 10.2. The number of nitrogens with zero attached hydrogens (tertiary/aromatic N) is 3. The summed E-state index contributed by atoms with van der Waals surface area (Å²) in [6, 6.07) is 7.05. The van der Waals surface area contributed by atoms with Gasteiger partial charge in [0.15, 0.2) is 6.10 Å². The number of hydrogen-bond donors (Lipinski definition) is 1. The molecule has 1 atom stereocenters. The molecule has 1 aromatic heterocycles. The summed E-state index contributed by atoms with van der Waals surface area (Å²) in [7, 11) is 0. The van der Waals surface area contributed by atoms with E-state index in [1.54, 1.807) is 35.1 Å². The molecule has 1 amide bonds. The van der Waals surface area contributed by atoms with E-state index < -0.39 is 12.1 Å². The molecule has 1 fully saturated rings. The van der Waals surface area contributed by atoms with Crippen molar-refractivity contribution in [2.45, 2.75) is 6.10 Å². The van der Waals surface area contributed by atoms with E-state index in [4.69, 9.17) is 21.4 Å². The van der Waals surface area contributed by atoms with Crippen molar-refractivity contribution < 1.29 is 19.4 Å². The molecule has 1 N–H and O–H groups in total. The number of carboxylic acids is 1. The minimum Gasteiger partial charge on any atom is -0.479 e. The smallest absolute Gasteiger partial charge is 0.334 e. The average molecular weight is 336 g/mol. The van der Waals surface area contributed by atoms with Crippen molar-refractivity contribution in [1.82, 2.24) is 14.7 Å². The van der Waals surface area contributed by atoms with Crippen LogP contribution in [0.15, 0.2) is 36.7 Å². The van der Waals surface area contributed by atoms with E-state index in [0.29, 0.717) is 17.1 Å². The normalized spacial score (nSPS) is 18.0. The summed E-state index contributed by atoms with van der Waals surface area (Å²) >= 11 is 5.85. The van der Waals surface area contributed by atoms with Crippen molar-refractivity contribution in [3.8, 4) is 5.69 Å². The fourth-order valence-electron chi connectivity index (χ4n) is 2.33. The second-order valence-electron chi connectivity index (χ2n) is 5.10. The largest absolute Gasteiger partial charge is 0.479 e. The molecule has 0 saturated carbocycles. The van der Waals surface area contributed by atoms with Gasteiger partial charge in [0.1, 0.15) is 0 Å². The van der Waals surface area contributed by atoms with Crippen molar-refractivity contribution in [2.75, 3.05) is 19.7 Å². The average Bonchev–Trinajstić information content (AvgIpc) is 3.05. The molecule has 1 saturated heterocycles. The predicted molar refractivity (Wildman–Crippen MR) is 81.9 cm³/mol. The molecule has 2 heterocycles. The van der Waals surface area contributed by atoms with Gasteiger partial charge in [0, 0.05) is 17.8 Å². The summed E-state index contributed by atoms with van der Waals surface area (Å²) in [5, 5.41) is 13.8. The van der Waals surface area contributed by atoms with Crippen molar-refractivity contribution >= 4 is 23.5 Å². The number of amides is 1. The van der Waals surface area contributed by atoms with Crippen LogP contribution in [0.2, 0.25) is 5.02 Å². The minimum atomic E-state index is -1.07. The highest BCUT2D eigenvalue weighted by Crippen LogP contribution is 2.15. The van der Waals surface area contributed by atoms with E-state index in [-0.39, 0.29) is 19.1 Å². The topological polar surface area (TPSA) is 84.7 Å². The lowest BCUT2D eigenvalue weighted by molar-refractivity contribution is -0.154. The second kappa shape index (κ2) is 6.39. The van der Waals surface area contributed by atoms with Gasteiger partial charge in [-0.25, -0.2) is 9.48 Å². The molecule has 1 aliphatic rings. The van der Waals surface area contributed by atoms with Crippen LogP contribution in [0.4, 0.5) is 0 Å². The van der Waals surface area contributed by atoms with Crippen molar-refractivity contribution in [2.24, 2.45) is 0 Å². The highest BCUT2D eigenvalue weighted by atomic mass is 35.5. The van der Waals surface area contributed by atoms with Crippen LogP contribution in [0.5, 0.6) is 0 Å². The molecule has 0 radical (unpaired) electrons. The maximum absolute atomic E-state index is 12.5. The van der Waals surface area contributed by atoms with E-state index in [9.17, 15) is 9.59 Å². The quantitative estimate of drug-likeness (QED) is 0.917. The highest BCUT2D eigenvalue weighted by molar-refractivity contribution is 6.30. The van der Waals surface area contributed by atoms with E-state index in [0.717, 1.165) is 5.69 Å². The predicted octanol–water partition coefficient (Wildman–Crippen LogP) is 1.45. The zero-order valence-electron chi connectivity index (χ0n) is 12.1. The Morgan fingerprint density at radius 3 is 2.74 bits per heavy atom. The summed E-state index contributed by atoms with van der Waals surface area (Å²) in [6.07, 6.45) is 2.08. The molecule has 1 unspecified atom stereocenters. The molecule has 120 valence electrons. The van der Waals surface area contributed by atoms with Crippen LogP contribution in [0, 0.1) is 0 Å². The standard InChI is InChI=1S/C15H14ClN3O4/c16-11-1-3-12(4-2-11)19-8-10(7-17-19)14(20)18-5-6-23-13(9-18)15(21)22/h1-4,7-8,13H,5-6,9H2,(H,21,22). The van der Waals surface area contributed by atoms with Crippen LogP contribution in [-0.4, -0.2) is 57.5 Å². The second-order valence-corrected chi connectivity index (χ2v) is 5.54. The van der Waals surface area contributed by atoms with Crippen LogP contribution in [0.25, 0.3) is 5.69 Å². The first-order chi connectivity index (χ1) is 11.0. The third-order valence-corrected chi connectivity index (χ3v) is 3.80. The Balaban J connectivity index is 1.75. The third kappa shape index (κ3) is 3.35. The molecule has 0 aliphatic carbocycles. The number of morpholine rings is 1.